The average Bonchev–Trinajstić information content (AvgIpc) is 2.15. The number of aliphatic hydroxyl groups is 1. The van der Waals surface area contributed by atoms with Crippen LogP contribution in [0.15, 0.2) is 29.2 Å². The molecule has 0 radical (unpaired) electrons. The van der Waals surface area contributed by atoms with Gasteiger partial charge in [0, 0.05) is 17.1 Å². The van der Waals surface area contributed by atoms with Crippen molar-refractivity contribution in [1.29, 1.82) is 0 Å². The predicted molar refractivity (Wildman–Crippen MR) is 61.4 cm³/mol. The normalized spacial score (nSPS) is 12.1. The summed E-state index contributed by atoms with van der Waals surface area (Å²) in [5, 5.41) is 9.42. The van der Waals surface area contributed by atoms with Gasteiger partial charge in [-0.25, -0.2) is 0 Å². The Morgan fingerprint density at radius 2 is 2.36 bits per heavy atom. The molecule has 0 aliphatic heterocycles. The van der Waals surface area contributed by atoms with E-state index in [1.807, 2.05) is 12.1 Å². The molecule has 0 amide bonds. The minimum Gasteiger partial charge on any atom is -0.391 e. The van der Waals surface area contributed by atoms with Gasteiger partial charge in [0.2, 0.25) is 0 Å². The van der Waals surface area contributed by atoms with E-state index in [4.69, 9.17) is 6.42 Å². The molecule has 0 aromatic heterocycles. The minimum absolute atomic E-state index is 0.398. The minimum atomic E-state index is -0.398. The second kappa shape index (κ2) is 5.74. The first-order chi connectivity index (χ1) is 6.72. The van der Waals surface area contributed by atoms with E-state index in [-0.39, 0.29) is 0 Å². The number of aryl methyl sites for hydroxylation is 1. The summed E-state index contributed by atoms with van der Waals surface area (Å²) in [6, 6.07) is 8.22. The van der Waals surface area contributed by atoms with Crippen molar-refractivity contribution in [2.75, 3.05) is 5.75 Å². The molecule has 1 aromatic rings. The molecule has 0 saturated carbocycles. The van der Waals surface area contributed by atoms with E-state index in [9.17, 15) is 5.11 Å². The Hall–Kier alpha value is -0.910. The van der Waals surface area contributed by atoms with Crippen LogP contribution in [0.25, 0.3) is 0 Å². The molecule has 1 rings (SSSR count). The van der Waals surface area contributed by atoms with E-state index in [2.05, 4.69) is 25.0 Å². The van der Waals surface area contributed by atoms with Gasteiger partial charge in [-0.15, -0.1) is 24.1 Å². The molecule has 0 heterocycles. The molecule has 1 aromatic carbocycles. The highest BCUT2D eigenvalue weighted by atomic mass is 32.2. The third-order valence-electron chi connectivity index (χ3n) is 1.79. The lowest BCUT2D eigenvalue weighted by Crippen LogP contribution is -2.07. The Morgan fingerprint density at radius 1 is 1.57 bits per heavy atom. The molecule has 0 spiro atoms. The van der Waals surface area contributed by atoms with Gasteiger partial charge in [0.1, 0.15) is 0 Å². The summed E-state index contributed by atoms with van der Waals surface area (Å²) in [6.07, 6.45) is 5.13. The van der Waals surface area contributed by atoms with Crippen molar-refractivity contribution in [3.8, 4) is 12.3 Å². The maximum atomic E-state index is 9.42. The van der Waals surface area contributed by atoms with Crippen molar-refractivity contribution in [1.82, 2.24) is 0 Å². The van der Waals surface area contributed by atoms with Gasteiger partial charge in [-0.2, -0.15) is 0 Å². The summed E-state index contributed by atoms with van der Waals surface area (Å²) in [4.78, 5) is 1.18. The third-order valence-corrected chi connectivity index (χ3v) is 2.92. The van der Waals surface area contributed by atoms with E-state index in [1.54, 1.807) is 11.8 Å². The van der Waals surface area contributed by atoms with Crippen LogP contribution in [0.3, 0.4) is 0 Å². The Balaban J connectivity index is 2.42. The lowest BCUT2D eigenvalue weighted by molar-refractivity contribution is 0.205. The van der Waals surface area contributed by atoms with Crippen LogP contribution in [-0.2, 0) is 0 Å². The summed E-state index contributed by atoms with van der Waals surface area (Å²) < 4.78 is 0. The lowest BCUT2D eigenvalue weighted by Gasteiger charge is -2.06. The molecule has 14 heavy (non-hydrogen) atoms. The quantitative estimate of drug-likeness (QED) is 0.603. The van der Waals surface area contributed by atoms with Gasteiger partial charge < -0.3 is 5.11 Å². The zero-order valence-corrected chi connectivity index (χ0v) is 9.05. The molecule has 0 bridgehead atoms. The van der Waals surface area contributed by atoms with Crippen LogP contribution in [0, 0.1) is 19.3 Å². The Morgan fingerprint density at radius 3 is 3.00 bits per heavy atom. The number of hydrogen-bond donors (Lipinski definition) is 1. The van der Waals surface area contributed by atoms with Gasteiger partial charge in [-0.1, -0.05) is 17.7 Å². The molecular formula is C12H14OS. The fourth-order valence-electron chi connectivity index (χ4n) is 1.09. The molecule has 1 atom stereocenters. The Kier molecular flexibility index (Phi) is 4.58. The Labute approximate surface area is 89.5 Å². The summed E-state index contributed by atoms with van der Waals surface area (Å²) >= 11 is 1.64. The topological polar surface area (TPSA) is 20.2 Å². The fourth-order valence-corrected chi connectivity index (χ4v) is 2.04. The zero-order valence-electron chi connectivity index (χ0n) is 8.23. The van der Waals surface area contributed by atoms with Crippen molar-refractivity contribution in [3.63, 3.8) is 0 Å². The average molecular weight is 206 g/mol. The monoisotopic (exact) mass is 206 g/mol. The molecule has 1 N–H and O–H groups in total. The number of terminal acetylenes is 1. The molecule has 0 aliphatic rings. The molecule has 2 heteroatoms. The number of aliphatic hydroxyl groups excluding tert-OH is 1. The van der Waals surface area contributed by atoms with E-state index in [1.165, 1.54) is 10.5 Å². The second-order valence-corrected chi connectivity index (χ2v) is 4.28. The summed E-state index contributed by atoms with van der Waals surface area (Å²) in [6.45, 7) is 2.06. The first-order valence-corrected chi connectivity index (χ1v) is 5.52. The molecule has 74 valence electrons. The number of rotatable bonds is 4. The molecule has 0 aliphatic carbocycles. The van der Waals surface area contributed by atoms with Crippen LogP contribution in [-0.4, -0.2) is 17.0 Å². The first kappa shape index (κ1) is 11.2. The highest BCUT2D eigenvalue weighted by molar-refractivity contribution is 7.99. The van der Waals surface area contributed by atoms with Gasteiger partial charge in [0.05, 0.1) is 6.10 Å². The van der Waals surface area contributed by atoms with Crippen LogP contribution in [0.2, 0.25) is 0 Å². The highest BCUT2D eigenvalue weighted by Gasteiger charge is 2.02. The Bertz CT molecular complexity index is 327. The smallest absolute Gasteiger partial charge is 0.0743 e. The number of thioether (sulfide) groups is 1. The second-order valence-electron chi connectivity index (χ2n) is 3.19. The van der Waals surface area contributed by atoms with Crippen LogP contribution in [0.1, 0.15) is 12.0 Å². The SMILES string of the molecule is C#CCC(O)CSc1cccc(C)c1. The van der Waals surface area contributed by atoms with Crippen molar-refractivity contribution < 1.29 is 5.11 Å². The van der Waals surface area contributed by atoms with E-state index >= 15 is 0 Å². The van der Waals surface area contributed by atoms with Crippen LogP contribution >= 0.6 is 11.8 Å². The van der Waals surface area contributed by atoms with Gasteiger partial charge >= 0.3 is 0 Å². The zero-order chi connectivity index (χ0) is 10.4. The van der Waals surface area contributed by atoms with Gasteiger partial charge in [0.15, 0.2) is 0 Å². The van der Waals surface area contributed by atoms with E-state index in [0.717, 1.165) is 0 Å². The molecule has 0 fully saturated rings. The predicted octanol–water partition coefficient (Wildman–Crippen LogP) is 2.47. The highest BCUT2D eigenvalue weighted by Crippen LogP contribution is 2.20. The van der Waals surface area contributed by atoms with Crippen LogP contribution in [0.5, 0.6) is 0 Å². The largest absolute Gasteiger partial charge is 0.391 e. The molecule has 0 saturated heterocycles. The van der Waals surface area contributed by atoms with Gasteiger partial charge in [-0.3, -0.25) is 0 Å². The van der Waals surface area contributed by atoms with Crippen LogP contribution in [0.4, 0.5) is 0 Å². The molecular weight excluding hydrogens is 192 g/mol. The van der Waals surface area contributed by atoms with Gasteiger partial charge in [0.25, 0.3) is 0 Å². The summed E-state index contributed by atoms with van der Waals surface area (Å²) in [5.74, 6) is 3.11. The van der Waals surface area contributed by atoms with Crippen LogP contribution < -0.4 is 0 Å². The maximum absolute atomic E-state index is 9.42. The maximum Gasteiger partial charge on any atom is 0.0743 e. The van der Waals surface area contributed by atoms with Crippen molar-refractivity contribution in [2.45, 2.75) is 24.3 Å². The number of benzene rings is 1. The molecule has 1 unspecified atom stereocenters. The number of hydrogen-bond acceptors (Lipinski definition) is 2. The van der Waals surface area contributed by atoms with E-state index in [0.29, 0.717) is 12.2 Å². The van der Waals surface area contributed by atoms with E-state index < -0.39 is 6.10 Å². The summed E-state index contributed by atoms with van der Waals surface area (Å²) in [5.41, 5.74) is 1.24. The van der Waals surface area contributed by atoms with Crippen molar-refractivity contribution >= 4 is 11.8 Å². The molecule has 1 nitrogen and oxygen atoms in total. The first-order valence-electron chi connectivity index (χ1n) is 4.53. The summed E-state index contributed by atoms with van der Waals surface area (Å²) in [7, 11) is 0. The third kappa shape index (κ3) is 3.87. The fraction of sp³-hybridized carbons (Fsp3) is 0.333. The standard InChI is InChI=1S/C12H14OS/c1-3-5-11(13)9-14-12-7-4-6-10(2)8-12/h1,4,6-8,11,13H,5,9H2,2H3. The van der Waals surface area contributed by atoms with Gasteiger partial charge in [-0.05, 0) is 19.1 Å². The lowest BCUT2D eigenvalue weighted by atomic mass is 10.2. The van der Waals surface area contributed by atoms with Crippen molar-refractivity contribution in [3.05, 3.63) is 29.8 Å². The van der Waals surface area contributed by atoms with Crippen molar-refractivity contribution in [2.24, 2.45) is 0 Å².